The number of carbonyl (C=O) groups is 2. The molecule has 1 heterocycles. The van der Waals surface area contributed by atoms with E-state index in [0.29, 0.717) is 36.9 Å². The molecule has 1 aromatic carbocycles. The van der Waals surface area contributed by atoms with Crippen LogP contribution in [0.2, 0.25) is 0 Å². The first-order valence-electron chi connectivity index (χ1n) is 7.89. The molecule has 0 aliphatic heterocycles. The Morgan fingerprint density at radius 3 is 2.67 bits per heavy atom. The number of rotatable bonds is 8. The highest BCUT2D eigenvalue weighted by atomic mass is 16.5. The number of benzene rings is 1. The van der Waals surface area contributed by atoms with Gasteiger partial charge in [0.1, 0.15) is 11.5 Å². The Balaban J connectivity index is 1.90. The third-order valence-electron chi connectivity index (χ3n) is 3.44. The van der Waals surface area contributed by atoms with Gasteiger partial charge < -0.3 is 19.4 Å². The van der Waals surface area contributed by atoms with E-state index in [4.69, 9.17) is 9.15 Å². The summed E-state index contributed by atoms with van der Waals surface area (Å²) in [5, 5.41) is 2.82. The molecule has 24 heavy (non-hydrogen) atoms. The molecule has 6 nitrogen and oxygen atoms in total. The molecule has 6 heteroatoms. The Hall–Kier alpha value is -2.76. The molecule has 0 saturated carbocycles. The Bertz CT molecular complexity index is 667. The van der Waals surface area contributed by atoms with Crippen LogP contribution >= 0.6 is 0 Å². The number of ether oxygens (including phenoxy) is 1. The molecule has 2 amide bonds. The van der Waals surface area contributed by atoms with Gasteiger partial charge in [0.2, 0.25) is 11.8 Å². The smallest absolute Gasteiger partial charge is 0.226 e. The van der Waals surface area contributed by atoms with Gasteiger partial charge in [0, 0.05) is 19.9 Å². The quantitative estimate of drug-likeness (QED) is 0.807. The van der Waals surface area contributed by atoms with Crippen molar-refractivity contribution in [2.24, 2.45) is 0 Å². The number of amides is 2. The molecule has 0 aliphatic carbocycles. The minimum absolute atomic E-state index is 0.103. The van der Waals surface area contributed by atoms with E-state index >= 15 is 0 Å². The predicted molar refractivity (Wildman–Crippen MR) is 90.7 cm³/mol. The lowest BCUT2D eigenvalue weighted by Crippen LogP contribution is -2.31. The van der Waals surface area contributed by atoms with Gasteiger partial charge >= 0.3 is 0 Å². The van der Waals surface area contributed by atoms with Crippen LogP contribution in [0, 0.1) is 0 Å². The minimum atomic E-state index is -0.173. The number of furan rings is 1. The van der Waals surface area contributed by atoms with Crippen molar-refractivity contribution in [3.8, 4) is 5.75 Å². The summed E-state index contributed by atoms with van der Waals surface area (Å²) < 4.78 is 10.7. The van der Waals surface area contributed by atoms with Crippen molar-refractivity contribution in [2.45, 2.75) is 26.8 Å². The van der Waals surface area contributed by atoms with Crippen LogP contribution in [0.3, 0.4) is 0 Å². The van der Waals surface area contributed by atoms with E-state index in [1.54, 1.807) is 35.4 Å². The summed E-state index contributed by atoms with van der Waals surface area (Å²) in [6, 6.07) is 10.8. The first kappa shape index (κ1) is 17.6. The van der Waals surface area contributed by atoms with Crippen molar-refractivity contribution in [1.82, 2.24) is 4.90 Å². The normalized spacial score (nSPS) is 10.2. The molecule has 0 atom stereocenters. The van der Waals surface area contributed by atoms with Gasteiger partial charge in [-0.1, -0.05) is 12.1 Å². The largest absolute Gasteiger partial charge is 0.492 e. The highest BCUT2D eigenvalue weighted by molar-refractivity contribution is 5.92. The van der Waals surface area contributed by atoms with Gasteiger partial charge in [-0.2, -0.15) is 0 Å². The van der Waals surface area contributed by atoms with Crippen molar-refractivity contribution in [3.63, 3.8) is 0 Å². The van der Waals surface area contributed by atoms with Crippen LogP contribution in [0.5, 0.6) is 5.75 Å². The SMILES string of the molecule is CCOc1ccccc1NC(=O)CCN(Cc1ccco1)C(C)=O. The van der Waals surface area contributed by atoms with Crippen LogP contribution in [0.1, 0.15) is 26.0 Å². The van der Waals surface area contributed by atoms with E-state index in [2.05, 4.69) is 5.32 Å². The number of para-hydroxylation sites is 2. The third kappa shape index (κ3) is 5.15. The lowest BCUT2D eigenvalue weighted by atomic mass is 10.2. The van der Waals surface area contributed by atoms with Crippen LogP contribution in [0.25, 0.3) is 0 Å². The number of carbonyl (C=O) groups excluding carboxylic acids is 2. The molecule has 1 N–H and O–H groups in total. The lowest BCUT2D eigenvalue weighted by molar-refractivity contribution is -0.130. The molecular weight excluding hydrogens is 308 g/mol. The zero-order valence-electron chi connectivity index (χ0n) is 14.0. The topological polar surface area (TPSA) is 71.8 Å². The summed E-state index contributed by atoms with van der Waals surface area (Å²) >= 11 is 0. The van der Waals surface area contributed by atoms with Crippen LogP contribution in [-0.2, 0) is 16.1 Å². The molecule has 0 aliphatic rings. The zero-order valence-corrected chi connectivity index (χ0v) is 14.0. The van der Waals surface area contributed by atoms with Gasteiger partial charge in [-0.25, -0.2) is 0 Å². The number of hydrogen-bond donors (Lipinski definition) is 1. The van der Waals surface area contributed by atoms with E-state index in [-0.39, 0.29) is 18.2 Å². The van der Waals surface area contributed by atoms with Crippen LogP contribution < -0.4 is 10.1 Å². The van der Waals surface area contributed by atoms with E-state index in [0.717, 1.165) is 0 Å². The fourth-order valence-corrected chi connectivity index (χ4v) is 2.24. The van der Waals surface area contributed by atoms with Crippen molar-refractivity contribution in [1.29, 1.82) is 0 Å². The maximum atomic E-state index is 12.2. The van der Waals surface area contributed by atoms with Gasteiger partial charge in [-0.15, -0.1) is 0 Å². The van der Waals surface area contributed by atoms with Crippen LogP contribution in [-0.4, -0.2) is 29.9 Å². The molecule has 0 unspecified atom stereocenters. The van der Waals surface area contributed by atoms with Crippen molar-refractivity contribution in [3.05, 3.63) is 48.4 Å². The fourth-order valence-electron chi connectivity index (χ4n) is 2.24. The highest BCUT2D eigenvalue weighted by Gasteiger charge is 2.14. The maximum Gasteiger partial charge on any atom is 0.226 e. The zero-order chi connectivity index (χ0) is 17.4. The molecular formula is C18H22N2O4. The van der Waals surface area contributed by atoms with E-state index in [9.17, 15) is 9.59 Å². The number of nitrogens with one attached hydrogen (secondary N) is 1. The van der Waals surface area contributed by atoms with Gasteiger partial charge in [-0.3, -0.25) is 9.59 Å². The summed E-state index contributed by atoms with van der Waals surface area (Å²) in [5.74, 6) is 1.04. The van der Waals surface area contributed by atoms with E-state index in [1.807, 2.05) is 19.1 Å². The number of nitrogens with zero attached hydrogens (tertiary/aromatic N) is 1. The van der Waals surface area contributed by atoms with Crippen LogP contribution in [0.4, 0.5) is 5.69 Å². The second kappa shape index (κ2) is 8.76. The maximum absolute atomic E-state index is 12.2. The molecule has 0 saturated heterocycles. The highest BCUT2D eigenvalue weighted by Crippen LogP contribution is 2.23. The second-order valence-electron chi connectivity index (χ2n) is 5.25. The van der Waals surface area contributed by atoms with Gasteiger partial charge in [0.05, 0.1) is 25.1 Å². The first-order valence-corrected chi connectivity index (χ1v) is 7.89. The number of anilines is 1. The predicted octanol–water partition coefficient (Wildman–Crippen LogP) is 3.06. The van der Waals surface area contributed by atoms with Crippen molar-refractivity contribution >= 4 is 17.5 Å². The average molecular weight is 330 g/mol. The van der Waals surface area contributed by atoms with Gasteiger partial charge in [0.25, 0.3) is 0 Å². The van der Waals surface area contributed by atoms with E-state index < -0.39 is 0 Å². The summed E-state index contributed by atoms with van der Waals surface area (Å²) in [5.41, 5.74) is 0.629. The Morgan fingerprint density at radius 2 is 2.00 bits per heavy atom. The molecule has 2 aromatic rings. The molecule has 0 radical (unpaired) electrons. The summed E-state index contributed by atoms with van der Waals surface area (Å²) in [7, 11) is 0. The molecule has 0 spiro atoms. The van der Waals surface area contributed by atoms with Crippen LogP contribution in [0.15, 0.2) is 47.1 Å². The number of hydrogen-bond acceptors (Lipinski definition) is 4. The van der Waals surface area contributed by atoms with Crippen molar-refractivity contribution < 1.29 is 18.7 Å². The molecule has 0 fully saturated rings. The molecule has 128 valence electrons. The van der Waals surface area contributed by atoms with E-state index in [1.165, 1.54) is 6.92 Å². The summed E-state index contributed by atoms with van der Waals surface area (Å²) in [6.07, 6.45) is 1.76. The molecule has 1 aromatic heterocycles. The molecule has 0 bridgehead atoms. The Morgan fingerprint density at radius 1 is 1.21 bits per heavy atom. The third-order valence-corrected chi connectivity index (χ3v) is 3.44. The van der Waals surface area contributed by atoms with Crippen molar-refractivity contribution in [2.75, 3.05) is 18.5 Å². The fraction of sp³-hybridized carbons (Fsp3) is 0.333. The lowest BCUT2D eigenvalue weighted by Gasteiger charge is -2.19. The Kier molecular flexibility index (Phi) is 6.42. The summed E-state index contributed by atoms with van der Waals surface area (Å²) in [6.45, 7) is 4.56. The standard InChI is InChI=1S/C18H22N2O4/c1-3-23-17-9-5-4-8-16(17)19-18(22)10-11-20(14(2)21)13-15-7-6-12-24-15/h4-9,12H,3,10-11,13H2,1-2H3,(H,19,22). The van der Waals surface area contributed by atoms with Gasteiger partial charge in [0.15, 0.2) is 0 Å². The second-order valence-corrected chi connectivity index (χ2v) is 5.25. The van der Waals surface area contributed by atoms with Gasteiger partial charge in [-0.05, 0) is 31.2 Å². The Labute approximate surface area is 141 Å². The minimum Gasteiger partial charge on any atom is -0.492 e. The first-order chi connectivity index (χ1) is 11.6. The average Bonchev–Trinajstić information content (AvgIpc) is 3.06. The monoisotopic (exact) mass is 330 g/mol. The molecule has 2 rings (SSSR count). The summed E-state index contributed by atoms with van der Waals surface area (Å²) in [4.78, 5) is 25.5.